The van der Waals surface area contributed by atoms with E-state index >= 15 is 0 Å². The molecule has 0 saturated heterocycles. The summed E-state index contributed by atoms with van der Waals surface area (Å²) < 4.78 is 2.94. The van der Waals surface area contributed by atoms with Crippen LogP contribution in [0.25, 0.3) is 5.69 Å². The van der Waals surface area contributed by atoms with Crippen molar-refractivity contribution in [1.82, 2.24) is 9.13 Å². The maximum atomic E-state index is 12.3. The lowest BCUT2D eigenvalue weighted by Crippen LogP contribution is -2.26. The van der Waals surface area contributed by atoms with Crippen molar-refractivity contribution in [1.29, 1.82) is 0 Å². The maximum absolute atomic E-state index is 12.3. The van der Waals surface area contributed by atoms with Gasteiger partial charge in [0.15, 0.2) is 0 Å². The third kappa shape index (κ3) is 1.56. The molecule has 0 fully saturated rings. The van der Waals surface area contributed by atoms with Gasteiger partial charge in [0, 0.05) is 6.54 Å². The van der Waals surface area contributed by atoms with Crippen molar-refractivity contribution in [2.45, 2.75) is 25.8 Å². The molecule has 0 saturated carbocycles. The fourth-order valence-electron chi connectivity index (χ4n) is 2.47. The summed E-state index contributed by atoms with van der Waals surface area (Å²) in [6, 6.07) is 7.03. The van der Waals surface area contributed by atoms with Crippen LogP contribution >= 0.6 is 11.6 Å². The molecule has 2 aromatic rings. The van der Waals surface area contributed by atoms with Crippen LogP contribution in [0.1, 0.15) is 18.5 Å². The SMILES string of the molecule is O=c1n2c(c(O)n1-c1ccccc1Cl)CCCC2. The molecule has 0 radical (unpaired) electrons. The lowest BCUT2D eigenvalue weighted by Gasteiger charge is -2.11. The molecule has 5 heteroatoms. The van der Waals surface area contributed by atoms with Crippen LogP contribution in [0.15, 0.2) is 29.1 Å². The molecule has 18 heavy (non-hydrogen) atoms. The zero-order valence-corrected chi connectivity index (χ0v) is 10.5. The summed E-state index contributed by atoms with van der Waals surface area (Å²) in [4.78, 5) is 12.3. The Labute approximate surface area is 109 Å². The molecule has 0 unspecified atom stereocenters. The van der Waals surface area contributed by atoms with Crippen molar-refractivity contribution in [2.75, 3.05) is 0 Å². The molecule has 2 heterocycles. The highest BCUT2D eigenvalue weighted by Gasteiger charge is 2.23. The number of benzene rings is 1. The number of imidazole rings is 1. The van der Waals surface area contributed by atoms with Crippen LogP contribution in [0.5, 0.6) is 5.88 Å². The fourth-order valence-corrected chi connectivity index (χ4v) is 2.69. The maximum Gasteiger partial charge on any atom is 0.335 e. The highest BCUT2D eigenvalue weighted by atomic mass is 35.5. The second-order valence-corrected chi connectivity index (χ2v) is 4.86. The number of hydrogen-bond acceptors (Lipinski definition) is 2. The average Bonchev–Trinajstić information content (AvgIpc) is 2.64. The van der Waals surface area contributed by atoms with Crippen LogP contribution in [0, 0.1) is 0 Å². The predicted octanol–water partition coefficient (Wildman–Crippen LogP) is 2.33. The first kappa shape index (κ1) is 11.4. The molecule has 4 nitrogen and oxygen atoms in total. The second kappa shape index (κ2) is 4.21. The van der Waals surface area contributed by atoms with E-state index in [2.05, 4.69) is 0 Å². The Hall–Kier alpha value is -1.68. The van der Waals surface area contributed by atoms with E-state index in [0.717, 1.165) is 19.3 Å². The Morgan fingerprint density at radius 2 is 2.00 bits per heavy atom. The van der Waals surface area contributed by atoms with Gasteiger partial charge in [0.25, 0.3) is 0 Å². The summed E-state index contributed by atoms with van der Waals surface area (Å²) in [6.45, 7) is 0.666. The summed E-state index contributed by atoms with van der Waals surface area (Å²) >= 11 is 6.09. The summed E-state index contributed by atoms with van der Waals surface area (Å²) in [6.07, 6.45) is 2.71. The van der Waals surface area contributed by atoms with Gasteiger partial charge in [-0.1, -0.05) is 23.7 Å². The van der Waals surface area contributed by atoms with Crippen molar-refractivity contribution >= 4 is 11.6 Å². The minimum absolute atomic E-state index is 0.0211. The highest BCUT2D eigenvalue weighted by molar-refractivity contribution is 6.32. The van der Waals surface area contributed by atoms with Crippen LogP contribution in [-0.2, 0) is 13.0 Å². The molecule has 1 aliphatic heterocycles. The van der Waals surface area contributed by atoms with E-state index in [9.17, 15) is 9.90 Å². The van der Waals surface area contributed by atoms with Gasteiger partial charge in [-0.3, -0.25) is 4.57 Å². The van der Waals surface area contributed by atoms with Gasteiger partial charge in [-0.15, -0.1) is 0 Å². The topological polar surface area (TPSA) is 47.2 Å². The van der Waals surface area contributed by atoms with E-state index < -0.39 is 0 Å². The van der Waals surface area contributed by atoms with Crippen LogP contribution in [0.2, 0.25) is 5.02 Å². The molecular weight excluding hydrogens is 252 g/mol. The van der Waals surface area contributed by atoms with Crippen molar-refractivity contribution < 1.29 is 5.11 Å². The molecule has 0 aliphatic carbocycles. The number of fused-ring (bicyclic) bond motifs is 1. The molecule has 0 spiro atoms. The number of rotatable bonds is 1. The Morgan fingerprint density at radius 3 is 2.72 bits per heavy atom. The van der Waals surface area contributed by atoms with Gasteiger partial charge >= 0.3 is 5.69 Å². The zero-order valence-electron chi connectivity index (χ0n) is 9.77. The van der Waals surface area contributed by atoms with Crippen LogP contribution in [-0.4, -0.2) is 14.2 Å². The molecule has 0 bridgehead atoms. The lowest BCUT2D eigenvalue weighted by atomic mass is 10.1. The quantitative estimate of drug-likeness (QED) is 0.859. The molecule has 0 atom stereocenters. The Balaban J connectivity index is 2.28. The predicted molar refractivity (Wildman–Crippen MR) is 69.6 cm³/mol. The van der Waals surface area contributed by atoms with Gasteiger partial charge in [-0.2, -0.15) is 0 Å². The van der Waals surface area contributed by atoms with E-state index in [0.29, 0.717) is 22.9 Å². The number of aromatic nitrogens is 2. The van der Waals surface area contributed by atoms with E-state index in [-0.39, 0.29) is 11.6 Å². The second-order valence-electron chi connectivity index (χ2n) is 4.45. The number of para-hydroxylation sites is 1. The van der Waals surface area contributed by atoms with Gasteiger partial charge in [0.05, 0.1) is 16.4 Å². The number of nitrogens with zero attached hydrogens (tertiary/aromatic N) is 2. The highest BCUT2D eigenvalue weighted by Crippen LogP contribution is 2.28. The molecule has 1 aromatic carbocycles. The molecular formula is C13H13ClN2O2. The first-order valence-electron chi connectivity index (χ1n) is 5.98. The van der Waals surface area contributed by atoms with Gasteiger partial charge in [0.1, 0.15) is 0 Å². The Morgan fingerprint density at radius 1 is 1.22 bits per heavy atom. The number of aromatic hydroxyl groups is 1. The Bertz CT molecular complexity index is 657. The number of hydrogen-bond donors (Lipinski definition) is 1. The molecule has 94 valence electrons. The average molecular weight is 265 g/mol. The van der Waals surface area contributed by atoms with E-state index in [1.54, 1.807) is 28.8 Å². The van der Waals surface area contributed by atoms with Gasteiger partial charge in [-0.25, -0.2) is 9.36 Å². The van der Waals surface area contributed by atoms with E-state index in [4.69, 9.17) is 11.6 Å². The summed E-state index contributed by atoms with van der Waals surface area (Å²) in [5.41, 5.74) is 1.03. The lowest BCUT2D eigenvalue weighted by molar-refractivity contribution is 0.426. The minimum Gasteiger partial charge on any atom is -0.493 e. The standard InChI is InChI=1S/C13H13ClN2O2/c14-9-5-1-2-6-10(9)16-12(17)11-7-3-4-8-15(11)13(16)18/h1-2,5-6,17H,3-4,7-8H2. The summed E-state index contributed by atoms with van der Waals surface area (Å²) in [5, 5.41) is 10.7. The molecule has 0 amide bonds. The Kier molecular flexibility index (Phi) is 2.67. The van der Waals surface area contributed by atoms with E-state index in [1.807, 2.05) is 0 Å². The van der Waals surface area contributed by atoms with Crippen LogP contribution < -0.4 is 5.69 Å². The molecule has 1 N–H and O–H groups in total. The van der Waals surface area contributed by atoms with Gasteiger partial charge in [0.2, 0.25) is 5.88 Å². The van der Waals surface area contributed by atoms with Crippen LogP contribution in [0.4, 0.5) is 0 Å². The van der Waals surface area contributed by atoms with Crippen molar-refractivity contribution in [3.8, 4) is 11.6 Å². The van der Waals surface area contributed by atoms with E-state index in [1.165, 1.54) is 4.57 Å². The molecule has 1 aliphatic rings. The normalized spacial score (nSPS) is 14.5. The molecule has 3 rings (SSSR count). The zero-order chi connectivity index (χ0) is 12.7. The van der Waals surface area contributed by atoms with Crippen LogP contribution in [0.3, 0.4) is 0 Å². The molecule has 1 aromatic heterocycles. The summed E-state index contributed by atoms with van der Waals surface area (Å²) in [7, 11) is 0. The monoisotopic (exact) mass is 264 g/mol. The summed E-state index contributed by atoms with van der Waals surface area (Å²) in [5.74, 6) is 0.0211. The third-order valence-corrected chi connectivity index (χ3v) is 3.68. The third-order valence-electron chi connectivity index (χ3n) is 3.36. The van der Waals surface area contributed by atoms with Gasteiger partial charge < -0.3 is 5.11 Å². The smallest absolute Gasteiger partial charge is 0.335 e. The van der Waals surface area contributed by atoms with Gasteiger partial charge in [-0.05, 0) is 31.4 Å². The number of halogens is 1. The fraction of sp³-hybridized carbons (Fsp3) is 0.308. The largest absolute Gasteiger partial charge is 0.493 e. The minimum atomic E-state index is -0.213. The van der Waals surface area contributed by atoms with Crippen molar-refractivity contribution in [3.05, 3.63) is 45.5 Å². The van der Waals surface area contributed by atoms with Crippen molar-refractivity contribution in [3.63, 3.8) is 0 Å². The first-order valence-corrected chi connectivity index (χ1v) is 6.36. The van der Waals surface area contributed by atoms with Crippen molar-refractivity contribution in [2.24, 2.45) is 0 Å². The first-order chi connectivity index (χ1) is 8.70.